The Morgan fingerprint density at radius 3 is 2.81 bits per heavy atom. The standard InChI is InChI=1S/C19H22N4O2S2/c1-3-5-10-23-18(25)14(27-19(23)26)12-13-16(20-9-4-2)21-15-8-6-7-11-22(15)17(13)24/h6-8,11-12,20H,3-5,9-10H2,1-2H3/b14-12+. The monoisotopic (exact) mass is 402 g/mol. The molecule has 0 bridgehead atoms. The summed E-state index contributed by atoms with van der Waals surface area (Å²) in [6, 6.07) is 5.40. The molecule has 0 radical (unpaired) electrons. The zero-order chi connectivity index (χ0) is 19.4. The van der Waals surface area contributed by atoms with Gasteiger partial charge in [-0.1, -0.05) is 50.3 Å². The topological polar surface area (TPSA) is 66.7 Å². The van der Waals surface area contributed by atoms with Crippen LogP contribution < -0.4 is 10.9 Å². The van der Waals surface area contributed by atoms with Crippen LogP contribution in [0.15, 0.2) is 34.1 Å². The van der Waals surface area contributed by atoms with Gasteiger partial charge in [0.25, 0.3) is 11.5 Å². The van der Waals surface area contributed by atoms with E-state index < -0.39 is 0 Å². The summed E-state index contributed by atoms with van der Waals surface area (Å²) in [5.74, 6) is 0.351. The van der Waals surface area contributed by atoms with Crippen molar-refractivity contribution in [3.63, 3.8) is 0 Å². The number of rotatable bonds is 7. The van der Waals surface area contributed by atoms with Crippen LogP contribution in [0.25, 0.3) is 11.7 Å². The summed E-state index contributed by atoms with van der Waals surface area (Å²) in [7, 11) is 0. The molecule has 2 aromatic rings. The number of carbonyl (C=O) groups excluding carboxylic acids is 1. The molecule has 0 atom stereocenters. The highest BCUT2D eigenvalue weighted by Crippen LogP contribution is 2.33. The van der Waals surface area contributed by atoms with Gasteiger partial charge in [-0.2, -0.15) is 0 Å². The van der Waals surface area contributed by atoms with E-state index >= 15 is 0 Å². The molecule has 0 unspecified atom stereocenters. The van der Waals surface area contributed by atoms with E-state index in [1.54, 1.807) is 29.3 Å². The molecule has 1 aliphatic heterocycles. The smallest absolute Gasteiger partial charge is 0.267 e. The minimum Gasteiger partial charge on any atom is -0.369 e. The van der Waals surface area contributed by atoms with E-state index in [-0.39, 0.29) is 11.5 Å². The highest BCUT2D eigenvalue weighted by atomic mass is 32.2. The van der Waals surface area contributed by atoms with Gasteiger partial charge in [0.05, 0.1) is 10.5 Å². The van der Waals surface area contributed by atoms with Crippen LogP contribution in [-0.2, 0) is 4.79 Å². The molecule has 6 nitrogen and oxygen atoms in total. The number of hydrogen-bond acceptors (Lipinski definition) is 6. The molecule has 0 spiro atoms. The number of aromatic nitrogens is 2. The quantitative estimate of drug-likeness (QED) is 0.565. The maximum atomic E-state index is 13.0. The fourth-order valence-electron chi connectivity index (χ4n) is 2.75. The minimum atomic E-state index is -0.210. The van der Waals surface area contributed by atoms with Gasteiger partial charge in [-0.3, -0.25) is 18.9 Å². The number of fused-ring (bicyclic) bond motifs is 1. The molecule has 0 saturated carbocycles. The number of anilines is 1. The van der Waals surface area contributed by atoms with Gasteiger partial charge in [-0.05, 0) is 31.1 Å². The zero-order valence-electron chi connectivity index (χ0n) is 15.4. The van der Waals surface area contributed by atoms with Gasteiger partial charge < -0.3 is 5.32 Å². The van der Waals surface area contributed by atoms with Crippen molar-refractivity contribution in [2.45, 2.75) is 33.1 Å². The summed E-state index contributed by atoms with van der Waals surface area (Å²) in [5, 5.41) is 3.21. The first-order valence-electron chi connectivity index (χ1n) is 9.07. The van der Waals surface area contributed by atoms with Crippen LogP contribution in [0.4, 0.5) is 5.82 Å². The number of carbonyl (C=O) groups is 1. The Labute approximate surface area is 167 Å². The van der Waals surface area contributed by atoms with Crippen molar-refractivity contribution >= 4 is 51.7 Å². The normalized spacial score (nSPS) is 15.9. The third-order valence-electron chi connectivity index (χ3n) is 4.20. The molecule has 27 heavy (non-hydrogen) atoms. The fraction of sp³-hybridized carbons (Fsp3) is 0.368. The summed E-state index contributed by atoms with van der Waals surface area (Å²) in [6.45, 7) is 5.41. The molecule has 1 amide bonds. The average molecular weight is 403 g/mol. The van der Waals surface area contributed by atoms with Crippen molar-refractivity contribution in [1.29, 1.82) is 0 Å². The summed E-state index contributed by atoms with van der Waals surface area (Å²) in [4.78, 5) is 32.4. The first-order valence-corrected chi connectivity index (χ1v) is 10.3. The van der Waals surface area contributed by atoms with Crippen LogP contribution in [0.1, 0.15) is 38.7 Å². The van der Waals surface area contributed by atoms with E-state index in [0.29, 0.717) is 39.3 Å². The molecule has 1 aliphatic rings. The Bertz CT molecular complexity index is 968. The largest absolute Gasteiger partial charge is 0.369 e. The lowest BCUT2D eigenvalue weighted by Crippen LogP contribution is -2.29. The summed E-state index contributed by atoms with van der Waals surface area (Å²) in [6.07, 6.45) is 6.07. The van der Waals surface area contributed by atoms with Crippen molar-refractivity contribution < 1.29 is 4.79 Å². The molecule has 1 fully saturated rings. The Balaban J connectivity index is 2.06. The number of thioether (sulfide) groups is 1. The predicted molar refractivity (Wildman–Crippen MR) is 115 cm³/mol. The van der Waals surface area contributed by atoms with Gasteiger partial charge >= 0.3 is 0 Å². The molecule has 0 aromatic carbocycles. The summed E-state index contributed by atoms with van der Waals surface area (Å²) in [5.41, 5.74) is 0.731. The molecule has 142 valence electrons. The lowest BCUT2D eigenvalue weighted by atomic mass is 10.2. The first-order chi connectivity index (χ1) is 13.1. The number of nitrogens with one attached hydrogen (secondary N) is 1. The highest BCUT2D eigenvalue weighted by molar-refractivity contribution is 8.26. The molecular weight excluding hydrogens is 380 g/mol. The zero-order valence-corrected chi connectivity index (χ0v) is 17.0. The Morgan fingerprint density at radius 1 is 1.26 bits per heavy atom. The maximum Gasteiger partial charge on any atom is 0.267 e. The Kier molecular flexibility index (Phi) is 6.28. The van der Waals surface area contributed by atoms with E-state index in [4.69, 9.17) is 12.2 Å². The third kappa shape index (κ3) is 4.06. The number of unbranched alkanes of at least 4 members (excludes halogenated alkanes) is 1. The van der Waals surface area contributed by atoms with Crippen molar-refractivity contribution in [3.05, 3.63) is 45.2 Å². The molecule has 8 heteroatoms. The summed E-state index contributed by atoms with van der Waals surface area (Å²) < 4.78 is 2.03. The van der Waals surface area contributed by atoms with Gasteiger partial charge in [-0.25, -0.2) is 4.98 Å². The summed E-state index contributed by atoms with van der Waals surface area (Å²) >= 11 is 6.59. The molecule has 1 saturated heterocycles. The van der Waals surface area contributed by atoms with Crippen LogP contribution in [0.5, 0.6) is 0 Å². The van der Waals surface area contributed by atoms with Crippen molar-refractivity contribution in [2.75, 3.05) is 18.4 Å². The Hall–Kier alpha value is -2.19. The molecule has 0 aliphatic carbocycles. The van der Waals surface area contributed by atoms with Crippen LogP contribution in [-0.4, -0.2) is 37.6 Å². The van der Waals surface area contributed by atoms with Gasteiger partial charge in [0, 0.05) is 19.3 Å². The van der Waals surface area contributed by atoms with Crippen LogP contribution in [0.2, 0.25) is 0 Å². The van der Waals surface area contributed by atoms with Gasteiger partial charge in [0.1, 0.15) is 15.8 Å². The van der Waals surface area contributed by atoms with Crippen LogP contribution >= 0.6 is 24.0 Å². The number of thiocarbonyl (C=S) groups is 1. The number of hydrogen-bond donors (Lipinski definition) is 1. The second kappa shape index (κ2) is 8.67. The number of amides is 1. The number of nitrogens with zero attached hydrogens (tertiary/aromatic N) is 3. The fourth-order valence-corrected chi connectivity index (χ4v) is 4.04. The van der Waals surface area contributed by atoms with Gasteiger partial charge in [0.15, 0.2) is 0 Å². The third-order valence-corrected chi connectivity index (χ3v) is 5.57. The molecule has 1 N–H and O–H groups in total. The second-order valence-corrected chi connectivity index (χ2v) is 7.90. The SMILES string of the molecule is CCCCN1C(=O)/C(=C\c2c(NCCC)nc3ccccn3c2=O)SC1=S. The lowest BCUT2D eigenvalue weighted by molar-refractivity contribution is -0.122. The average Bonchev–Trinajstić information content (AvgIpc) is 2.94. The van der Waals surface area contributed by atoms with Crippen LogP contribution in [0.3, 0.4) is 0 Å². The van der Waals surface area contributed by atoms with Gasteiger partial charge in [-0.15, -0.1) is 0 Å². The van der Waals surface area contributed by atoms with E-state index in [9.17, 15) is 9.59 Å². The molecule has 3 rings (SSSR count). The highest BCUT2D eigenvalue weighted by Gasteiger charge is 2.32. The van der Waals surface area contributed by atoms with Crippen molar-refractivity contribution in [1.82, 2.24) is 14.3 Å². The molecular formula is C19H22N4O2S2. The first kappa shape index (κ1) is 19.6. The minimum absolute atomic E-state index is 0.141. The van der Waals surface area contributed by atoms with E-state index in [1.807, 2.05) is 13.0 Å². The maximum absolute atomic E-state index is 13.0. The predicted octanol–water partition coefficient (Wildman–Crippen LogP) is 3.52. The molecule has 2 aromatic heterocycles. The van der Waals surface area contributed by atoms with Gasteiger partial charge in [0.2, 0.25) is 0 Å². The Morgan fingerprint density at radius 2 is 2.07 bits per heavy atom. The van der Waals surface area contributed by atoms with E-state index in [1.165, 1.54) is 16.2 Å². The second-order valence-electron chi connectivity index (χ2n) is 6.22. The lowest BCUT2D eigenvalue weighted by Gasteiger charge is -2.13. The van der Waals surface area contributed by atoms with E-state index in [2.05, 4.69) is 17.2 Å². The van der Waals surface area contributed by atoms with Crippen LogP contribution in [0, 0.1) is 0 Å². The molecule has 3 heterocycles. The van der Waals surface area contributed by atoms with Crippen molar-refractivity contribution in [3.8, 4) is 0 Å². The number of pyridine rings is 1. The van der Waals surface area contributed by atoms with E-state index in [0.717, 1.165) is 19.3 Å². The van der Waals surface area contributed by atoms with Crippen molar-refractivity contribution in [2.24, 2.45) is 0 Å².